The Morgan fingerprint density at radius 2 is 1.59 bits per heavy atom. The van der Waals surface area contributed by atoms with E-state index in [-0.39, 0.29) is 23.8 Å². The molecule has 0 bridgehead atoms. The molecule has 3 aromatic rings. The minimum absolute atomic E-state index is 0.0788. The molecule has 0 aliphatic carbocycles. The smallest absolute Gasteiger partial charge is 0.201 e. The van der Waals surface area contributed by atoms with E-state index in [1.807, 2.05) is 19.1 Å². The topological polar surface area (TPSA) is 27.7 Å². The number of allylic oxidation sites excluding steroid dienone is 1. The number of hydrogen-bond acceptors (Lipinski definition) is 3. The third-order valence-corrected chi connectivity index (χ3v) is 5.58. The molecule has 4 rings (SSSR count). The molecule has 0 aromatic heterocycles. The molecule has 176 valence electrons. The van der Waals surface area contributed by atoms with Gasteiger partial charge in [0.25, 0.3) is 0 Å². The van der Waals surface area contributed by atoms with Crippen molar-refractivity contribution >= 4 is 0 Å². The molecule has 1 heterocycles. The highest BCUT2D eigenvalue weighted by Crippen LogP contribution is 2.33. The van der Waals surface area contributed by atoms with Crippen molar-refractivity contribution in [1.82, 2.24) is 0 Å². The minimum Gasteiger partial charge on any atom is -0.486 e. The molecule has 0 N–H and O–H groups in total. The molecule has 1 saturated heterocycles. The van der Waals surface area contributed by atoms with E-state index in [0.29, 0.717) is 29.9 Å². The summed E-state index contributed by atoms with van der Waals surface area (Å²) in [5.41, 5.74) is 2.33. The van der Waals surface area contributed by atoms with Gasteiger partial charge in [-0.1, -0.05) is 61.2 Å². The summed E-state index contributed by atoms with van der Waals surface area (Å²) in [5, 5.41) is 0. The fraction of sp³-hybridized carbons (Fsp3) is 0.214. The van der Waals surface area contributed by atoms with Crippen molar-refractivity contribution in [2.45, 2.75) is 13.2 Å². The molecule has 0 unspecified atom stereocenters. The van der Waals surface area contributed by atoms with Gasteiger partial charge in [-0.05, 0) is 41.8 Å². The summed E-state index contributed by atoms with van der Waals surface area (Å²) in [5.74, 6) is -2.48. The second-order valence-corrected chi connectivity index (χ2v) is 7.94. The van der Waals surface area contributed by atoms with Crippen LogP contribution in [0.15, 0.2) is 79.4 Å². The average molecular weight is 466 g/mol. The first kappa shape index (κ1) is 23.8. The van der Waals surface area contributed by atoms with E-state index in [1.165, 1.54) is 24.3 Å². The van der Waals surface area contributed by atoms with Gasteiger partial charge in [-0.3, -0.25) is 0 Å². The fourth-order valence-electron chi connectivity index (χ4n) is 3.84. The van der Waals surface area contributed by atoms with Crippen LogP contribution < -0.4 is 4.74 Å². The fourth-order valence-corrected chi connectivity index (χ4v) is 3.84. The maximum atomic E-state index is 14.9. The summed E-state index contributed by atoms with van der Waals surface area (Å²) in [6, 6.07) is 14.5. The molecule has 3 nitrogen and oxygen atoms in total. The van der Waals surface area contributed by atoms with Crippen molar-refractivity contribution in [2.24, 2.45) is 5.92 Å². The van der Waals surface area contributed by atoms with Crippen molar-refractivity contribution in [3.05, 3.63) is 102 Å². The van der Waals surface area contributed by atoms with Gasteiger partial charge in [-0.15, -0.1) is 0 Å². The van der Waals surface area contributed by atoms with Gasteiger partial charge in [0.1, 0.15) is 12.4 Å². The molecule has 6 heteroatoms. The van der Waals surface area contributed by atoms with E-state index >= 15 is 0 Å². The maximum Gasteiger partial charge on any atom is 0.201 e. The second-order valence-electron chi connectivity index (χ2n) is 7.94. The highest BCUT2D eigenvalue weighted by molar-refractivity contribution is 5.71. The Bertz CT molecular complexity index is 1180. The van der Waals surface area contributed by atoms with Crippen LogP contribution in [0.4, 0.5) is 13.2 Å². The van der Waals surface area contributed by atoms with Gasteiger partial charge in [0, 0.05) is 17.0 Å². The SMILES string of the molecule is C=CCOc1ccc(-c2ccc(-c3ccc(C4OCC(/C=C/C)CO4)c(F)c3)cc2)c(F)c1F. The highest BCUT2D eigenvalue weighted by Gasteiger charge is 2.24. The number of benzene rings is 3. The first-order valence-electron chi connectivity index (χ1n) is 11.0. The van der Waals surface area contributed by atoms with Crippen LogP contribution in [0.5, 0.6) is 5.75 Å². The molecule has 34 heavy (non-hydrogen) atoms. The van der Waals surface area contributed by atoms with E-state index in [1.54, 1.807) is 36.4 Å². The highest BCUT2D eigenvalue weighted by atomic mass is 19.2. The molecule has 0 amide bonds. The van der Waals surface area contributed by atoms with Crippen LogP contribution >= 0.6 is 0 Å². The average Bonchev–Trinajstić information content (AvgIpc) is 2.86. The quantitative estimate of drug-likeness (QED) is 0.344. The Morgan fingerprint density at radius 3 is 2.24 bits per heavy atom. The normalized spacial score (nSPS) is 18.2. The van der Waals surface area contributed by atoms with Crippen molar-refractivity contribution in [2.75, 3.05) is 19.8 Å². The van der Waals surface area contributed by atoms with Gasteiger partial charge in [0.2, 0.25) is 5.82 Å². The molecule has 0 spiro atoms. The van der Waals surface area contributed by atoms with E-state index in [2.05, 4.69) is 6.58 Å². The molecule has 3 aromatic carbocycles. The van der Waals surface area contributed by atoms with Crippen molar-refractivity contribution < 1.29 is 27.4 Å². The molecule has 1 fully saturated rings. The Kier molecular flexibility index (Phi) is 7.50. The maximum absolute atomic E-state index is 14.9. The standard InChI is InChI=1S/C28H25F3O3/c1-3-5-18-16-33-28(34-17-18)23-11-10-21(15-24(23)29)19-6-8-20(9-7-19)22-12-13-25(32-14-4-2)27(31)26(22)30/h3-13,15,18,28H,2,14,16-17H2,1H3/b5-3+. The first-order chi connectivity index (χ1) is 16.5. The summed E-state index contributed by atoms with van der Waals surface area (Å²) in [6.45, 7) is 6.44. The van der Waals surface area contributed by atoms with Crippen LogP contribution in [0, 0.1) is 23.4 Å². The van der Waals surface area contributed by atoms with Gasteiger partial charge in [-0.25, -0.2) is 8.78 Å². The lowest BCUT2D eigenvalue weighted by Crippen LogP contribution is -2.26. The predicted molar refractivity (Wildman–Crippen MR) is 126 cm³/mol. The predicted octanol–water partition coefficient (Wildman–Crippen LogP) is 7.24. The molecule has 1 aliphatic heterocycles. The van der Waals surface area contributed by atoms with Crippen LogP contribution in [0.2, 0.25) is 0 Å². The monoisotopic (exact) mass is 466 g/mol. The Morgan fingerprint density at radius 1 is 0.912 bits per heavy atom. The van der Waals surface area contributed by atoms with Gasteiger partial charge in [0.15, 0.2) is 17.9 Å². The number of rotatable bonds is 7. The summed E-state index contributed by atoms with van der Waals surface area (Å²) in [4.78, 5) is 0. The Labute approximate surface area is 197 Å². The van der Waals surface area contributed by atoms with Crippen molar-refractivity contribution in [1.29, 1.82) is 0 Å². The van der Waals surface area contributed by atoms with Crippen LogP contribution in [0.25, 0.3) is 22.3 Å². The lowest BCUT2D eigenvalue weighted by atomic mass is 9.98. The van der Waals surface area contributed by atoms with E-state index in [9.17, 15) is 13.2 Å². The van der Waals surface area contributed by atoms with Crippen molar-refractivity contribution in [3.8, 4) is 28.0 Å². The molecule has 0 atom stereocenters. The summed E-state index contributed by atoms with van der Waals surface area (Å²) < 4.78 is 60.2. The van der Waals surface area contributed by atoms with Gasteiger partial charge < -0.3 is 14.2 Å². The second kappa shape index (κ2) is 10.7. The number of hydrogen-bond donors (Lipinski definition) is 0. The summed E-state index contributed by atoms with van der Waals surface area (Å²) >= 11 is 0. The molecule has 0 saturated carbocycles. The Balaban J connectivity index is 1.51. The zero-order valence-electron chi connectivity index (χ0n) is 18.8. The molecule has 0 radical (unpaired) electrons. The van der Waals surface area contributed by atoms with E-state index in [4.69, 9.17) is 14.2 Å². The lowest BCUT2D eigenvalue weighted by Gasteiger charge is -2.28. The zero-order valence-corrected chi connectivity index (χ0v) is 18.8. The zero-order chi connectivity index (χ0) is 24.1. The third kappa shape index (κ3) is 5.08. The minimum atomic E-state index is -1.05. The number of ether oxygens (including phenoxy) is 3. The molecular weight excluding hydrogens is 441 g/mol. The largest absolute Gasteiger partial charge is 0.486 e. The number of halogens is 3. The Hall–Kier alpha value is -3.35. The van der Waals surface area contributed by atoms with Crippen LogP contribution in [-0.2, 0) is 9.47 Å². The van der Waals surface area contributed by atoms with E-state index in [0.717, 1.165) is 5.56 Å². The third-order valence-electron chi connectivity index (χ3n) is 5.58. The van der Waals surface area contributed by atoms with Gasteiger partial charge in [-0.2, -0.15) is 4.39 Å². The van der Waals surface area contributed by atoms with Gasteiger partial charge >= 0.3 is 0 Å². The first-order valence-corrected chi connectivity index (χ1v) is 11.0. The summed E-state index contributed by atoms with van der Waals surface area (Å²) in [7, 11) is 0. The lowest BCUT2D eigenvalue weighted by molar-refractivity contribution is -0.198. The molecular formula is C28H25F3O3. The summed E-state index contributed by atoms with van der Waals surface area (Å²) in [6.07, 6.45) is 4.66. The van der Waals surface area contributed by atoms with Gasteiger partial charge in [0.05, 0.1) is 13.2 Å². The molecule has 1 aliphatic rings. The van der Waals surface area contributed by atoms with Crippen molar-refractivity contribution in [3.63, 3.8) is 0 Å². The van der Waals surface area contributed by atoms with Crippen LogP contribution in [0.3, 0.4) is 0 Å². The van der Waals surface area contributed by atoms with Crippen LogP contribution in [-0.4, -0.2) is 19.8 Å². The van der Waals surface area contributed by atoms with E-state index < -0.39 is 23.7 Å². The van der Waals surface area contributed by atoms with Crippen LogP contribution in [0.1, 0.15) is 18.8 Å².